The summed E-state index contributed by atoms with van der Waals surface area (Å²) >= 11 is 0. The van der Waals surface area contributed by atoms with Gasteiger partial charge in [0.1, 0.15) is 0 Å². The van der Waals surface area contributed by atoms with Crippen LogP contribution in [0.4, 0.5) is 20.2 Å². The number of hydrogen-bond acceptors (Lipinski definition) is 6. The molecule has 0 aromatic heterocycles. The van der Waals surface area contributed by atoms with E-state index in [1.54, 1.807) is 0 Å². The van der Waals surface area contributed by atoms with Gasteiger partial charge in [-0.2, -0.15) is 8.78 Å². The Kier molecular flexibility index (Phi) is 6.27. The standard InChI is InChI=1S/C15H21F2N3O4/c1-10(19-5-6-23-9-11(19)2)8-18-12-3-4-13(20(21)22)14(7-12)24-15(16)17/h3-4,7,10-11,15,18H,5-6,8-9H2,1-2H3. The highest BCUT2D eigenvalue weighted by Crippen LogP contribution is 2.31. The summed E-state index contributed by atoms with van der Waals surface area (Å²) in [4.78, 5) is 12.4. The van der Waals surface area contributed by atoms with Crippen LogP contribution in [0.5, 0.6) is 5.75 Å². The molecule has 1 aromatic carbocycles. The Morgan fingerprint density at radius 3 is 2.92 bits per heavy atom. The van der Waals surface area contributed by atoms with Crippen LogP contribution in [-0.4, -0.2) is 54.8 Å². The normalized spacial score (nSPS) is 20.0. The molecule has 2 unspecified atom stereocenters. The molecule has 0 saturated carbocycles. The first-order valence-corrected chi connectivity index (χ1v) is 7.69. The predicted octanol–water partition coefficient (Wildman–Crippen LogP) is 2.72. The Hall–Kier alpha value is -2.00. The Labute approximate surface area is 138 Å². The highest BCUT2D eigenvalue weighted by atomic mass is 19.3. The van der Waals surface area contributed by atoms with Gasteiger partial charge in [-0.05, 0) is 19.9 Å². The quantitative estimate of drug-likeness (QED) is 0.605. The second kappa shape index (κ2) is 8.20. The zero-order valence-electron chi connectivity index (χ0n) is 13.6. The van der Waals surface area contributed by atoms with E-state index >= 15 is 0 Å². The van der Waals surface area contributed by atoms with E-state index < -0.39 is 23.0 Å². The fraction of sp³-hybridized carbons (Fsp3) is 0.600. The number of nitrogens with one attached hydrogen (secondary N) is 1. The number of nitrogens with zero attached hydrogens (tertiary/aromatic N) is 2. The van der Waals surface area contributed by atoms with E-state index in [-0.39, 0.29) is 6.04 Å². The van der Waals surface area contributed by atoms with Crippen LogP contribution < -0.4 is 10.1 Å². The summed E-state index contributed by atoms with van der Waals surface area (Å²) in [6.45, 7) is 3.76. The lowest BCUT2D eigenvalue weighted by atomic mass is 10.1. The van der Waals surface area contributed by atoms with Crippen LogP contribution in [0, 0.1) is 10.1 Å². The molecule has 1 N–H and O–H groups in total. The average Bonchev–Trinajstić information content (AvgIpc) is 2.52. The van der Waals surface area contributed by atoms with Crippen molar-refractivity contribution in [1.82, 2.24) is 4.90 Å². The van der Waals surface area contributed by atoms with Crippen LogP contribution >= 0.6 is 0 Å². The van der Waals surface area contributed by atoms with Gasteiger partial charge in [0.05, 0.1) is 18.1 Å². The molecule has 1 aliphatic heterocycles. The molecule has 0 spiro atoms. The maximum Gasteiger partial charge on any atom is 0.387 e. The van der Waals surface area contributed by atoms with Crippen molar-refractivity contribution in [3.05, 3.63) is 28.3 Å². The zero-order chi connectivity index (χ0) is 17.7. The van der Waals surface area contributed by atoms with Gasteiger partial charge in [0.15, 0.2) is 0 Å². The second-order valence-electron chi connectivity index (χ2n) is 5.71. The molecule has 7 nitrogen and oxygen atoms in total. The van der Waals surface area contributed by atoms with Crippen LogP contribution in [0.15, 0.2) is 18.2 Å². The van der Waals surface area contributed by atoms with Gasteiger partial charge >= 0.3 is 12.3 Å². The number of rotatable bonds is 7. The Morgan fingerprint density at radius 2 is 2.29 bits per heavy atom. The lowest BCUT2D eigenvalue weighted by Crippen LogP contribution is -2.50. The van der Waals surface area contributed by atoms with E-state index in [1.807, 2.05) is 0 Å². The van der Waals surface area contributed by atoms with Crippen molar-refractivity contribution < 1.29 is 23.2 Å². The summed E-state index contributed by atoms with van der Waals surface area (Å²) in [6, 6.07) is 4.34. The van der Waals surface area contributed by atoms with Crippen molar-refractivity contribution in [1.29, 1.82) is 0 Å². The first kappa shape index (κ1) is 18.3. The minimum atomic E-state index is -3.12. The van der Waals surface area contributed by atoms with Gasteiger partial charge in [-0.1, -0.05) is 0 Å². The van der Waals surface area contributed by atoms with E-state index in [0.29, 0.717) is 31.5 Å². The summed E-state index contributed by atoms with van der Waals surface area (Å²) < 4.78 is 34.5. The summed E-state index contributed by atoms with van der Waals surface area (Å²) in [5.41, 5.74) is -0.000266. The third-order valence-corrected chi connectivity index (χ3v) is 3.96. The fourth-order valence-corrected chi connectivity index (χ4v) is 2.74. The molecule has 0 aliphatic carbocycles. The Bertz CT molecular complexity index is 574. The zero-order valence-corrected chi connectivity index (χ0v) is 13.6. The summed E-state index contributed by atoms with van der Waals surface area (Å²) in [5, 5.41) is 14.0. The average molecular weight is 345 g/mol. The molecular formula is C15H21F2N3O4. The number of benzene rings is 1. The topological polar surface area (TPSA) is 76.9 Å². The Balaban J connectivity index is 2.02. The van der Waals surface area contributed by atoms with Gasteiger partial charge in [0.2, 0.25) is 5.75 Å². The summed E-state index contributed by atoms with van der Waals surface area (Å²) in [5.74, 6) is -0.451. The molecule has 9 heteroatoms. The molecule has 1 aliphatic rings. The number of hydrogen-bond donors (Lipinski definition) is 1. The first-order chi connectivity index (χ1) is 11.4. The van der Waals surface area contributed by atoms with Gasteiger partial charge in [-0.15, -0.1) is 0 Å². The molecule has 1 aromatic rings. The number of alkyl halides is 2. The Morgan fingerprint density at radius 1 is 1.54 bits per heavy atom. The van der Waals surface area contributed by atoms with Crippen molar-refractivity contribution in [2.75, 3.05) is 31.6 Å². The van der Waals surface area contributed by atoms with Gasteiger partial charge in [-0.25, -0.2) is 0 Å². The minimum Gasteiger partial charge on any atom is -0.427 e. The largest absolute Gasteiger partial charge is 0.427 e. The maximum absolute atomic E-state index is 12.4. The van der Waals surface area contributed by atoms with Crippen molar-refractivity contribution in [3.8, 4) is 5.75 Å². The number of nitro benzene ring substituents is 1. The van der Waals surface area contributed by atoms with E-state index in [4.69, 9.17) is 4.74 Å². The van der Waals surface area contributed by atoms with Crippen molar-refractivity contribution >= 4 is 11.4 Å². The van der Waals surface area contributed by atoms with Crippen molar-refractivity contribution in [3.63, 3.8) is 0 Å². The first-order valence-electron chi connectivity index (χ1n) is 7.69. The van der Waals surface area contributed by atoms with Crippen LogP contribution in [0.1, 0.15) is 13.8 Å². The number of halogens is 2. The van der Waals surface area contributed by atoms with Crippen LogP contribution in [0.25, 0.3) is 0 Å². The monoisotopic (exact) mass is 345 g/mol. The molecule has 0 bridgehead atoms. The molecule has 1 fully saturated rings. The maximum atomic E-state index is 12.4. The van der Waals surface area contributed by atoms with E-state index in [0.717, 1.165) is 12.6 Å². The second-order valence-corrected chi connectivity index (χ2v) is 5.71. The number of nitro groups is 1. The highest BCUT2D eigenvalue weighted by Gasteiger charge is 2.24. The fourth-order valence-electron chi connectivity index (χ4n) is 2.74. The molecule has 2 atom stereocenters. The van der Waals surface area contributed by atoms with Gasteiger partial charge in [0.25, 0.3) is 0 Å². The summed E-state index contributed by atoms with van der Waals surface area (Å²) in [7, 11) is 0. The molecule has 134 valence electrons. The van der Waals surface area contributed by atoms with E-state index in [2.05, 4.69) is 28.8 Å². The molecule has 1 saturated heterocycles. The SMILES string of the molecule is CC(CNc1ccc([N+](=O)[O-])c(OC(F)F)c1)N1CCOCC1C. The predicted molar refractivity (Wildman–Crippen MR) is 84.7 cm³/mol. The smallest absolute Gasteiger partial charge is 0.387 e. The highest BCUT2D eigenvalue weighted by molar-refractivity contribution is 5.58. The van der Waals surface area contributed by atoms with Gasteiger partial charge < -0.3 is 14.8 Å². The van der Waals surface area contributed by atoms with Crippen molar-refractivity contribution in [2.24, 2.45) is 0 Å². The molecular weight excluding hydrogens is 324 g/mol. The summed E-state index contributed by atoms with van der Waals surface area (Å²) in [6.07, 6.45) is 0. The van der Waals surface area contributed by atoms with E-state index in [9.17, 15) is 18.9 Å². The van der Waals surface area contributed by atoms with Gasteiger partial charge in [-0.3, -0.25) is 15.0 Å². The lowest BCUT2D eigenvalue weighted by molar-refractivity contribution is -0.386. The lowest BCUT2D eigenvalue weighted by Gasteiger charge is -2.38. The van der Waals surface area contributed by atoms with Crippen LogP contribution in [0.2, 0.25) is 0 Å². The molecule has 1 heterocycles. The number of morpholine rings is 1. The number of ether oxygens (including phenoxy) is 2. The minimum absolute atomic E-state index is 0.193. The molecule has 24 heavy (non-hydrogen) atoms. The molecule has 0 radical (unpaired) electrons. The molecule has 2 rings (SSSR count). The van der Waals surface area contributed by atoms with Crippen LogP contribution in [0.3, 0.4) is 0 Å². The number of anilines is 1. The molecule has 0 amide bonds. The van der Waals surface area contributed by atoms with Crippen LogP contribution in [-0.2, 0) is 4.74 Å². The van der Waals surface area contributed by atoms with Crippen molar-refractivity contribution in [2.45, 2.75) is 32.5 Å². The van der Waals surface area contributed by atoms with Gasteiger partial charge in [0, 0.05) is 43.0 Å². The third kappa shape index (κ3) is 4.75. The third-order valence-electron chi connectivity index (χ3n) is 3.96. The van der Waals surface area contributed by atoms with E-state index in [1.165, 1.54) is 12.1 Å².